The van der Waals surface area contributed by atoms with E-state index in [1.807, 2.05) is 24.3 Å². The van der Waals surface area contributed by atoms with E-state index in [0.29, 0.717) is 28.0 Å². The van der Waals surface area contributed by atoms with Crippen LogP contribution >= 0.6 is 0 Å². The molecule has 1 unspecified atom stereocenters. The van der Waals surface area contributed by atoms with E-state index < -0.39 is 11.9 Å². The summed E-state index contributed by atoms with van der Waals surface area (Å²) >= 11 is 0. The van der Waals surface area contributed by atoms with Gasteiger partial charge in [0.2, 0.25) is 11.8 Å². The second kappa shape index (κ2) is 10.8. The molecule has 1 heterocycles. The zero-order valence-corrected chi connectivity index (χ0v) is 20.5. The van der Waals surface area contributed by atoms with Gasteiger partial charge < -0.3 is 10.1 Å². The summed E-state index contributed by atoms with van der Waals surface area (Å²) in [4.78, 5) is 29.2. The van der Waals surface area contributed by atoms with Gasteiger partial charge in [0, 0.05) is 11.7 Å². The largest absolute Gasteiger partial charge is 0.497 e. The van der Waals surface area contributed by atoms with E-state index in [4.69, 9.17) is 4.74 Å². The third-order valence-electron chi connectivity index (χ3n) is 6.72. The van der Waals surface area contributed by atoms with Gasteiger partial charge in [0.1, 0.15) is 29.7 Å². The first-order valence-electron chi connectivity index (χ1n) is 12.3. The Morgan fingerprint density at radius 2 is 1.76 bits per heavy atom. The highest BCUT2D eigenvalue weighted by Gasteiger charge is 2.34. The third-order valence-corrected chi connectivity index (χ3v) is 6.72. The number of benzene rings is 3. The van der Waals surface area contributed by atoms with E-state index >= 15 is 0 Å². The Bertz CT molecular complexity index is 1380. The number of hydrogen-bond acceptors (Lipinski definition) is 5. The number of para-hydroxylation sites is 1. The van der Waals surface area contributed by atoms with Gasteiger partial charge in [0.25, 0.3) is 0 Å². The fraction of sp³-hybridized carbons (Fsp3) is 0.286. The standard InChI is InChI=1S/C28H28FN5O3/c1-37-23-16-14-22(15-17-23)34(26(35)18-33-25-9-5-4-8-24(25)31-32-33)27(19-10-12-20(29)13-11-19)28(36)30-21-6-2-3-7-21/h4-5,8-17,21,27H,2-3,6-7,18H2,1H3,(H,30,36). The fourth-order valence-corrected chi connectivity index (χ4v) is 4.83. The van der Waals surface area contributed by atoms with Crippen LogP contribution in [0.5, 0.6) is 5.75 Å². The SMILES string of the molecule is COc1ccc(N(C(=O)Cn2nnc3ccccc32)C(C(=O)NC2CCCC2)c2ccc(F)cc2)cc1. The molecule has 1 N–H and O–H groups in total. The highest BCUT2D eigenvalue weighted by molar-refractivity contribution is 6.01. The first kappa shape index (κ1) is 24.4. The van der Waals surface area contributed by atoms with Crippen LogP contribution in [0.3, 0.4) is 0 Å². The number of nitrogens with one attached hydrogen (secondary N) is 1. The molecule has 1 aliphatic rings. The summed E-state index contributed by atoms with van der Waals surface area (Å²) in [6.07, 6.45) is 3.88. The summed E-state index contributed by atoms with van der Waals surface area (Å²) in [5.41, 5.74) is 2.38. The van der Waals surface area contributed by atoms with Gasteiger partial charge in [-0.2, -0.15) is 0 Å². The van der Waals surface area contributed by atoms with Crippen LogP contribution in [0.1, 0.15) is 37.3 Å². The van der Waals surface area contributed by atoms with Crippen molar-refractivity contribution in [2.45, 2.75) is 44.3 Å². The van der Waals surface area contributed by atoms with Crippen LogP contribution in [-0.2, 0) is 16.1 Å². The van der Waals surface area contributed by atoms with Gasteiger partial charge in [-0.25, -0.2) is 9.07 Å². The van der Waals surface area contributed by atoms with Gasteiger partial charge in [-0.1, -0.05) is 42.3 Å². The second-order valence-electron chi connectivity index (χ2n) is 9.14. The molecule has 0 aliphatic heterocycles. The van der Waals surface area contributed by atoms with Gasteiger partial charge >= 0.3 is 0 Å². The zero-order chi connectivity index (χ0) is 25.8. The van der Waals surface area contributed by atoms with Crippen molar-refractivity contribution in [3.8, 4) is 5.75 Å². The van der Waals surface area contributed by atoms with Crippen molar-refractivity contribution in [1.82, 2.24) is 20.3 Å². The minimum absolute atomic E-state index is 0.0440. The number of halogens is 1. The Labute approximate surface area is 214 Å². The number of methoxy groups -OCH3 is 1. The van der Waals surface area contributed by atoms with Crippen LogP contribution in [-0.4, -0.2) is 40.0 Å². The molecular formula is C28H28FN5O3. The molecule has 1 fully saturated rings. The Balaban J connectivity index is 1.56. The lowest BCUT2D eigenvalue weighted by atomic mass is 10.0. The average Bonchev–Trinajstić information content (AvgIpc) is 3.58. The normalized spacial score (nSPS) is 14.4. The number of carbonyl (C=O) groups excluding carboxylic acids is 2. The Morgan fingerprint density at radius 3 is 2.46 bits per heavy atom. The van der Waals surface area contributed by atoms with E-state index in [1.165, 1.54) is 21.7 Å². The summed E-state index contributed by atoms with van der Waals surface area (Å²) in [6.45, 7) is -0.138. The van der Waals surface area contributed by atoms with Crippen molar-refractivity contribution in [1.29, 1.82) is 0 Å². The summed E-state index contributed by atoms with van der Waals surface area (Å²) in [5, 5.41) is 11.4. The molecule has 0 radical (unpaired) electrons. The van der Waals surface area contributed by atoms with Crippen molar-refractivity contribution in [2.24, 2.45) is 0 Å². The number of carbonyl (C=O) groups is 2. The molecule has 8 nitrogen and oxygen atoms in total. The van der Waals surface area contributed by atoms with Gasteiger partial charge in [-0.15, -0.1) is 5.10 Å². The number of rotatable bonds is 8. The molecular weight excluding hydrogens is 473 g/mol. The maximum absolute atomic E-state index is 14.0. The summed E-state index contributed by atoms with van der Waals surface area (Å²) in [7, 11) is 1.56. The lowest BCUT2D eigenvalue weighted by molar-refractivity contribution is -0.127. The summed E-state index contributed by atoms with van der Waals surface area (Å²) < 4.78 is 20.6. The predicted molar refractivity (Wildman–Crippen MR) is 138 cm³/mol. The Kier molecular flexibility index (Phi) is 7.11. The molecule has 190 valence electrons. The average molecular weight is 502 g/mol. The van der Waals surface area contributed by atoms with E-state index in [-0.39, 0.29) is 24.4 Å². The summed E-state index contributed by atoms with van der Waals surface area (Å²) in [5.74, 6) is -0.481. The number of fused-ring (bicyclic) bond motifs is 1. The molecule has 1 atom stereocenters. The van der Waals surface area contributed by atoms with E-state index in [1.54, 1.807) is 43.5 Å². The molecule has 2 amide bonds. The van der Waals surface area contributed by atoms with Crippen LogP contribution in [0.4, 0.5) is 10.1 Å². The summed E-state index contributed by atoms with van der Waals surface area (Å²) in [6, 6.07) is 19.0. The second-order valence-corrected chi connectivity index (χ2v) is 9.14. The van der Waals surface area contributed by atoms with Gasteiger partial charge in [-0.3, -0.25) is 14.5 Å². The molecule has 0 spiro atoms. The number of anilines is 1. The van der Waals surface area contributed by atoms with Crippen LogP contribution in [0.15, 0.2) is 72.8 Å². The van der Waals surface area contributed by atoms with Crippen LogP contribution in [0, 0.1) is 5.82 Å². The zero-order valence-electron chi connectivity index (χ0n) is 20.5. The quantitative estimate of drug-likeness (QED) is 0.386. The van der Waals surface area contributed by atoms with Crippen molar-refractivity contribution in [3.63, 3.8) is 0 Å². The van der Waals surface area contributed by atoms with Gasteiger partial charge in [0.05, 0.1) is 12.6 Å². The first-order valence-corrected chi connectivity index (χ1v) is 12.3. The van der Waals surface area contributed by atoms with Crippen molar-refractivity contribution in [3.05, 3.63) is 84.2 Å². The van der Waals surface area contributed by atoms with Gasteiger partial charge in [-0.05, 0) is 66.9 Å². The highest BCUT2D eigenvalue weighted by atomic mass is 19.1. The van der Waals surface area contributed by atoms with E-state index in [2.05, 4.69) is 15.6 Å². The molecule has 0 saturated heterocycles. The molecule has 37 heavy (non-hydrogen) atoms. The molecule has 5 rings (SSSR count). The number of aromatic nitrogens is 3. The molecule has 4 aromatic rings. The topological polar surface area (TPSA) is 89.3 Å². The van der Waals surface area contributed by atoms with E-state index in [9.17, 15) is 14.0 Å². The molecule has 1 aromatic heterocycles. The third kappa shape index (κ3) is 5.30. The molecule has 1 aliphatic carbocycles. The smallest absolute Gasteiger partial charge is 0.249 e. The van der Waals surface area contributed by atoms with Crippen LogP contribution in [0.25, 0.3) is 11.0 Å². The maximum Gasteiger partial charge on any atom is 0.249 e. The monoisotopic (exact) mass is 501 g/mol. The molecule has 9 heteroatoms. The fourth-order valence-electron chi connectivity index (χ4n) is 4.83. The Morgan fingerprint density at radius 1 is 1.05 bits per heavy atom. The lowest BCUT2D eigenvalue weighted by Gasteiger charge is -2.32. The molecule has 3 aromatic carbocycles. The number of nitrogens with zero attached hydrogens (tertiary/aromatic N) is 4. The predicted octanol–water partition coefficient (Wildman–Crippen LogP) is 4.41. The maximum atomic E-state index is 14.0. The molecule has 1 saturated carbocycles. The lowest BCUT2D eigenvalue weighted by Crippen LogP contribution is -2.47. The van der Waals surface area contributed by atoms with Gasteiger partial charge in [0.15, 0.2) is 0 Å². The molecule has 0 bridgehead atoms. The Hall–Kier alpha value is -4.27. The highest BCUT2D eigenvalue weighted by Crippen LogP contribution is 2.31. The number of hydrogen-bond donors (Lipinski definition) is 1. The van der Waals surface area contributed by atoms with E-state index in [0.717, 1.165) is 25.7 Å². The number of ether oxygens (including phenoxy) is 1. The number of amides is 2. The van der Waals surface area contributed by atoms with Crippen LogP contribution in [0.2, 0.25) is 0 Å². The van der Waals surface area contributed by atoms with Crippen LogP contribution < -0.4 is 15.0 Å². The minimum Gasteiger partial charge on any atom is -0.497 e. The first-order chi connectivity index (χ1) is 18.0. The minimum atomic E-state index is -1.02. The van der Waals surface area contributed by atoms with Crippen molar-refractivity contribution in [2.75, 3.05) is 12.0 Å². The van der Waals surface area contributed by atoms with Crippen molar-refractivity contribution >= 4 is 28.5 Å². The van der Waals surface area contributed by atoms with Crippen molar-refractivity contribution < 1.29 is 18.7 Å².